The molecule has 0 aliphatic rings. The van der Waals surface area contributed by atoms with Crippen LogP contribution in [0.3, 0.4) is 0 Å². The SMILES string of the molecule is CNC(CSc1ccccc1Cl)Cc1cccc(Cl)c1. The molecule has 1 N–H and O–H groups in total. The van der Waals surface area contributed by atoms with Gasteiger partial charge in [0.15, 0.2) is 0 Å². The molecule has 2 rings (SSSR count). The summed E-state index contributed by atoms with van der Waals surface area (Å²) in [4.78, 5) is 1.13. The predicted molar refractivity (Wildman–Crippen MR) is 90.2 cm³/mol. The van der Waals surface area contributed by atoms with Crippen LogP contribution in [0.25, 0.3) is 0 Å². The molecule has 0 amide bonds. The number of benzene rings is 2. The Morgan fingerprint density at radius 1 is 1.10 bits per heavy atom. The van der Waals surface area contributed by atoms with Crippen LogP contribution < -0.4 is 5.32 Å². The standard InChI is InChI=1S/C16H17Cl2NS/c1-19-14(10-12-5-4-6-13(17)9-12)11-20-16-8-3-2-7-15(16)18/h2-9,14,19H,10-11H2,1H3. The van der Waals surface area contributed by atoms with Crippen LogP contribution in [-0.2, 0) is 6.42 Å². The molecule has 2 aromatic carbocycles. The number of nitrogens with one attached hydrogen (secondary N) is 1. The van der Waals surface area contributed by atoms with E-state index in [1.807, 2.05) is 43.4 Å². The number of likely N-dealkylation sites (N-methyl/N-ethyl adjacent to an activating group) is 1. The van der Waals surface area contributed by atoms with Gasteiger partial charge in [-0.2, -0.15) is 0 Å². The van der Waals surface area contributed by atoms with E-state index in [4.69, 9.17) is 23.2 Å². The molecule has 4 heteroatoms. The Morgan fingerprint density at radius 2 is 1.90 bits per heavy atom. The molecule has 0 saturated heterocycles. The number of rotatable bonds is 6. The summed E-state index contributed by atoms with van der Waals surface area (Å²) in [5.41, 5.74) is 1.25. The molecule has 0 aromatic heterocycles. The van der Waals surface area contributed by atoms with Crippen molar-refractivity contribution in [3.8, 4) is 0 Å². The minimum atomic E-state index is 0.384. The average Bonchev–Trinajstić information content (AvgIpc) is 2.45. The minimum absolute atomic E-state index is 0.384. The third-order valence-electron chi connectivity index (χ3n) is 3.06. The summed E-state index contributed by atoms with van der Waals surface area (Å²) >= 11 is 14.0. The molecule has 0 radical (unpaired) electrons. The first-order valence-corrected chi connectivity index (χ1v) is 8.22. The van der Waals surface area contributed by atoms with E-state index in [1.54, 1.807) is 11.8 Å². The Morgan fingerprint density at radius 3 is 2.60 bits per heavy atom. The molecule has 1 unspecified atom stereocenters. The second-order valence-electron chi connectivity index (χ2n) is 4.56. The van der Waals surface area contributed by atoms with Crippen molar-refractivity contribution in [2.24, 2.45) is 0 Å². The molecule has 20 heavy (non-hydrogen) atoms. The summed E-state index contributed by atoms with van der Waals surface area (Å²) in [7, 11) is 1.99. The lowest BCUT2D eigenvalue weighted by Crippen LogP contribution is -2.30. The van der Waals surface area contributed by atoms with Crippen molar-refractivity contribution in [1.82, 2.24) is 5.32 Å². The molecular weight excluding hydrogens is 309 g/mol. The van der Waals surface area contributed by atoms with Gasteiger partial charge in [-0.15, -0.1) is 11.8 Å². The average molecular weight is 326 g/mol. The fourth-order valence-corrected chi connectivity index (χ4v) is 3.50. The largest absolute Gasteiger partial charge is 0.316 e. The maximum atomic E-state index is 6.17. The molecule has 1 nitrogen and oxygen atoms in total. The Kier molecular flexibility index (Phi) is 6.24. The third kappa shape index (κ3) is 4.71. The molecule has 0 spiro atoms. The van der Waals surface area contributed by atoms with Crippen LogP contribution in [0.1, 0.15) is 5.56 Å². The highest BCUT2D eigenvalue weighted by molar-refractivity contribution is 7.99. The molecule has 0 aliphatic heterocycles. The van der Waals surface area contributed by atoms with Gasteiger partial charge >= 0.3 is 0 Å². The van der Waals surface area contributed by atoms with E-state index >= 15 is 0 Å². The summed E-state index contributed by atoms with van der Waals surface area (Å²) in [6.45, 7) is 0. The van der Waals surface area contributed by atoms with Crippen LogP contribution in [0.15, 0.2) is 53.4 Å². The Hall–Kier alpha value is -0.670. The van der Waals surface area contributed by atoms with Crippen molar-refractivity contribution in [2.75, 3.05) is 12.8 Å². The summed E-state index contributed by atoms with van der Waals surface area (Å²) < 4.78 is 0. The smallest absolute Gasteiger partial charge is 0.0541 e. The fraction of sp³-hybridized carbons (Fsp3) is 0.250. The predicted octanol–water partition coefficient (Wildman–Crippen LogP) is 4.92. The monoisotopic (exact) mass is 325 g/mol. The number of hydrogen-bond donors (Lipinski definition) is 1. The van der Waals surface area contributed by atoms with Crippen molar-refractivity contribution >= 4 is 35.0 Å². The van der Waals surface area contributed by atoms with Crippen LogP contribution in [0.4, 0.5) is 0 Å². The lowest BCUT2D eigenvalue weighted by molar-refractivity contribution is 0.617. The fourth-order valence-electron chi connectivity index (χ4n) is 1.94. The van der Waals surface area contributed by atoms with E-state index in [2.05, 4.69) is 17.4 Å². The zero-order valence-corrected chi connectivity index (χ0v) is 13.6. The second-order valence-corrected chi connectivity index (χ2v) is 6.47. The van der Waals surface area contributed by atoms with Gasteiger partial charge in [-0.1, -0.05) is 47.5 Å². The van der Waals surface area contributed by atoms with E-state index in [9.17, 15) is 0 Å². The van der Waals surface area contributed by atoms with Gasteiger partial charge in [-0.25, -0.2) is 0 Å². The summed E-state index contributed by atoms with van der Waals surface area (Å²) in [6.07, 6.45) is 0.953. The Bertz CT molecular complexity index is 560. The van der Waals surface area contributed by atoms with Gasteiger partial charge in [-0.3, -0.25) is 0 Å². The van der Waals surface area contributed by atoms with Gasteiger partial charge in [0.05, 0.1) is 5.02 Å². The van der Waals surface area contributed by atoms with Crippen LogP contribution in [0, 0.1) is 0 Å². The Labute approximate surface area is 134 Å². The van der Waals surface area contributed by atoms with Gasteiger partial charge in [0.25, 0.3) is 0 Å². The maximum Gasteiger partial charge on any atom is 0.0541 e. The van der Waals surface area contributed by atoms with Crippen LogP contribution in [0.5, 0.6) is 0 Å². The van der Waals surface area contributed by atoms with E-state index in [0.717, 1.165) is 27.1 Å². The van der Waals surface area contributed by atoms with Gasteiger partial charge < -0.3 is 5.32 Å². The quantitative estimate of drug-likeness (QED) is 0.757. The summed E-state index contributed by atoms with van der Waals surface area (Å²) in [5.74, 6) is 0.965. The van der Waals surface area contributed by atoms with Crippen LogP contribution in [-0.4, -0.2) is 18.8 Å². The van der Waals surface area contributed by atoms with Crippen molar-refractivity contribution in [2.45, 2.75) is 17.4 Å². The lowest BCUT2D eigenvalue weighted by atomic mass is 10.1. The van der Waals surface area contributed by atoms with Crippen LogP contribution >= 0.6 is 35.0 Å². The Balaban J connectivity index is 1.94. The molecule has 106 valence electrons. The highest BCUT2D eigenvalue weighted by Gasteiger charge is 2.09. The van der Waals surface area contributed by atoms with Crippen molar-refractivity contribution in [1.29, 1.82) is 0 Å². The number of thioether (sulfide) groups is 1. The van der Waals surface area contributed by atoms with Crippen molar-refractivity contribution in [3.05, 3.63) is 64.1 Å². The van der Waals surface area contributed by atoms with Crippen molar-refractivity contribution < 1.29 is 0 Å². The third-order valence-corrected chi connectivity index (χ3v) is 4.97. The first-order chi connectivity index (χ1) is 9.69. The van der Waals surface area contributed by atoms with Gasteiger partial charge in [0.1, 0.15) is 0 Å². The van der Waals surface area contributed by atoms with E-state index in [0.29, 0.717) is 6.04 Å². The zero-order valence-electron chi connectivity index (χ0n) is 11.3. The van der Waals surface area contributed by atoms with Crippen LogP contribution in [0.2, 0.25) is 10.0 Å². The van der Waals surface area contributed by atoms with E-state index < -0.39 is 0 Å². The minimum Gasteiger partial charge on any atom is -0.316 e. The van der Waals surface area contributed by atoms with E-state index in [1.165, 1.54) is 5.56 Å². The summed E-state index contributed by atoms with van der Waals surface area (Å²) in [5, 5.41) is 4.96. The molecule has 0 bridgehead atoms. The molecule has 0 fully saturated rings. The molecule has 1 atom stereocenters. The first kappa shape index (κ1) is 15.7. The molecule has 0 aliphatic carbocycles. The maximum absolute atomic E-state index is 6.17. The molecule has 0 heterocycles. The lowest BCUT2D eigenvalue weighted by Gasteiger charge is -2.16. The normalized spacial score (nSPS) is 12.3. The molecule has 2 aromatic rings. The molecular formula is C16H17Cl2NS. The number of hydrogen-bond acceptors (Lipinski definition) is 2. The van der Waals surface area contributed by atoms with Crippen molar-refractivity contribution in [3.63, 3.8) is 0 Å². The first-order valence-electron chi connectivity index (χ1n) is 6.48. The number of halogens is 2. The van der Waals surface area contributed by atoms with Gasteiger partial charge in [0, 0.05) is 21.7 Å². The van der Waals surface area contributed by atoms with Gasteiger partial charge in [-0.05, 0) is 43.3 Å². The highest BCUT2D eigenvalue weighted by Crippen LogP contribution is 2.27. The topological polar surface area (TPSA) is 12.0 Å². The molecule has 0 saturated carbocycles. The summed E-state index contributed by atoms with van der Waals surface area (Å²) in [6, 6.07) is 16.4. The zero-order chi connectivity index (χ0) is 14.4. The van der Waals surface area contributed by atoms with E-state index in [-0.39, 0.29) is 0 Å². The highest BCUT2D eigenvalue weighted by atomic mass is 35.5. The second kappa shape index (κ2) is 7.94. The van der Waals surface area contributed by atoms with Gasteiger partial charge in [0.2, 0.25) is 0 Å².